The van der Waals surface area contributed by atoms with Gasteiger partial charge in [-0.2, -0.15) is 0 Å². The third-order valence-electron chi connectivity index (χ3n) is 4.45. The van der Waals surface area contributed by atoms with E-state index < -0.39 is 0 Å². The molecule has 0 N–H and O–H groups in total. The third kappa shape index (κ3) is 5.50. The quantitative estimate of drug-likeness (QED) is 0.401. The summed E-state index contributed by atoms with van der Waals surface area (Å²) in [5.74, 6) is 2.03. The van der Waals surface area contributed by atoms with E-state index in [1.165, 1.54) is 7.11 Å². The Bertz CT molecular complexity index is 969. The number of oxazole rings is 1. The Morgan fingerprint density at radius 3 is 2.66 bits per heavy atom. The van der Waals surface area contributed by atoms with Crippen molar-refractivity contribution in [2.24, 2.45) is 0 Å². The summed E-state index contributed by atoms with van der Waals surface area (Å²) in [4.78, 5) is 18.0. The van der Waals surface area contributed by atoms with Crippen molar-refractivity contribution in [3.8, 4) is 17.2 Å². The minimum absolute atomic E-state index is 0.303. The monoisotopic (exact) mass is 506 g/mol. The van der Waals surface area contributed by atoms with Crippen LogP contribution in [0.3, 0.4) is 0 Å². The molecule has 1 amide bonds. The minimum atomic E-state index is -0.347. The first-order chi connectivity index (χ1) is 14.0. The highest BCUT2D eigenvalue weighted by molar-refractivity contribution is 14.1. The molecule has 29 heavy (non-hydrogen) atoms. The predicted octanol–water partition coefficient (Wildman–Crippen LogP) is 5.42. The fourth-order valence-electron chi connectivity index (χ4n) is 2.82. The standard InChI is InChI=1S/C22H23IN2O4/c1-4-25(22(26)27-3)13-16-6-5-7-19(12-16)28-14-20-15(2)29-21(24-20)17-8-10-18(23)11-9-17/h5-12H,4,13-14H2,1-3H3. The Balaban J connectivity index is 1.67. The van der Waals surface area contributed by atoms with Crippen LogP contribution < -0.4 is 4.74 Å². The summed E-state index contributed by atoms with van der Waals surface area (Å²) in [6, 6.07) is 15.7. The molecular weight excluding hydrogens is 483 g/mol. The number of halogens is 1. The van der Waals surface area contributed by atoms with Crippen LogP contribution in [0.15, 0.2) is 52.9 Å². The molecule has 0 saturated heterocycles. The molecule has 7 heteroatoms. The molecule has 0 aliphatic carbocycles. The molecule has 1 aromatic heterocycles. The van der Waals surface area contributed by atoms with E-state index in [4.69, 9.17) is 13.9 Å². The second-order valence-electron chi connectivity index (χ2n) is 6.45. The highest BCUT2D eigenvalue weighted by Crippen LogP contribution is 2.24. The van der Waals surface area contributed by atoms with Crippen LogP contribution in [0.25, 0.3) is 11.5 Å². The van der Waals surface area contributed by atoms with Crippen molar-refractivity contribution in [1.82, 2.24) is 9.88 Å². The summed E-state index contributed by atoms with van der Waals surface area (Å²) >= 11 is 2.27. The second-order valence-corrected chi connectivity index (χ2v) is 7.69. The van der Waals surface area contributed by atoms with Crippen molar-refractivity contribution in [1.29, 1.82) is 0 Å². The second kappa shape index (κ2) is 9.78. The van der Waals surface area contributed by atoms with Gasteiger partial charge in [-0.25, -0.2) is 9.78 Å². The van der Waals surface area contributed by atoms with Crippen molar-refractivity contribution in [3.63, 3.8) is 0 Å². The van der Waals surface area contributed by atoms with Crippen molar-refractivity contribution in [2.45, 2.75) is 27.0 Å². The Hall–Kier alpha value is -2.55. The molecule has 152 valence electrons. The summed E-state index contributed by atoms with van der Waals surface area (Å²) < 4.78 is 17.7. The lowest BCUT2D eigenvalue weighted by Gasteiger charge is -2.19. The first-order valence-corrected chi connectivity index (χ1v) is 10.3. The first kappa shape index (κ1) is 21.2. The Kier molecular flexibility index (Phi) is 7.13. The zero-order valence-corrected chi connectivity index (χ0v) is 18.8. The number of ether oxygens (including phenoxy) is 2. The number of aryl methyl sites for hydroxylation is 1. The first-order valence-electron chi connectivity index (χ1n) is 9.27. The Morgan fingerprint density at radius 2 is 1.97 bits per heavy atom. The van der Waals surface area contributed by atoms with Crippen LogP contribution in [0.1, 0.15) is 23.9 Å². The van der Waals surface area contributed by atoms with E-state index in [-0.39, 0.29) is 6.09 Å². The van der Waals surface area contributed by atoms with Gasteiger partial charge in [-0.05, 0) is 78.4 Å². The molecule has 0 bridgehead atoms. The van der Waals surface area contributed by atoms with Gasteiger partial charge in [0.25, 0.3) is 0 Å². The van der Waals surface area contributed by atoms with Crippen LogP contribution in [0.2, 0.25) is 0 Å². The maximum absolute atomic E-state index is 11.8. The van der Waals surface area contributed by atoms with Gasteiger partial charge in [0, 0.05) is 22.2 Å². The number of methoxy groups -OCH3 is 1. The van der Waals surface area contributed by atoms with Crippen molar-refractivity contribution >= 4 is 28.7 Å². The maximum atomic E-state index is 11.8. The van der Waals surface area contributed by atoms with Gasteiger partial charge in [-0.15, -0.1) is 0 Å². The summed E-state index contributed by atoms with van der Waals surface area (Å²) in [7, 11) is 1.38. The molecule has 0 spiro atoms. The molecular formula is C22H23IN2O4. The lowest BCUT2D eigenvalue weighted by Crippen LogP contribution is -2.30. The highest BCUT2D eigenvalue weighted by atomic mass is 127. The molecule has 0 saturated carbocycles. The third-order valence-corrected chi connectivity index (χ3v) is 5.16. The van der Waals surface area contributed by atoms with Crippen molar-refractivity contribution in [3.05, 3.63) is 69.1 Å². The van der Waals surface area contributed by atoms with Gasteiger partial charge in [0.05, 0.1) is 7.11 Å². The Morgan fingerprint density at radius 1 is 1.21 bits per heavy atom. The van der Waals surface area contributed by atoms with Crippen LogP contribution in [0, 0.1) is 10.5 Å². The van der Waals surface area contributed by atoms with Gasteiger partial charge in [-0.1, -0.05) is 12.1 Å². The van der Waals surface area contributed by atoms with E-state index >= 15 is 0 Å². The molecule has 0 aliphatic heterocycles. The van der Waals surface area contributed by atoms with Gasteiger partial charge in [0.1, 0.15) is 23.8 Å². The summed E-state index contributed by atoms with van der Waals surface area (Å²) in [6.45, 7) is 5.12. The van der Waals surface area contributed by atoms with E-state index in [1.54, 1.807) is 4.90 Å². The van der Waals surface area contributed by atoms with Crippen LogP contribution >= 0.6 is 22.6 Å². The minimum Gasteiger partial charge on any atom is -0.487 e. The van der Waals surface area contributed by atoms with Gasteiger partial charge in [0.2, 0.25) is 5.89 Å². The summed E-state index contributed by atoms with van der Waals surface area (Å²) in [5, 5.41) is 0. The summed E-state index contributed by atoms with van der Waals surface area (Å²) in [6.07, 6.45) is -0.347. The number of hydrogen-bond acceptors (Lipinski definition) is 5. The number of benzene rings is 2. The van der Waals surface area contributed by atoms with Crippen LogP contribution in [-0.2, 0) is 17.9 Å². The molecule has 3 rings (SSSR count). The lowest BCUT2D eigenvalue weighted by molar-refractivity contribution is 0.123. The molecule has 0 unspecified atom stereocenters. The van der Waals surface area contributed by atoms with Gasteiger partial charge >= 0.3 is 6.09 Å². The molecule has 6 nitrogen and oxygen atoms in total. The SMILES string of the molecule is CCN(Cc1cccc(OCc2nc(-c3ccc(I)cc3)oc2C)c1)C(=O)OC. The summed E-state index contributed by atoms with van der Waals surface area (Å²) in [5.41, 5.74) is 2.66. The largest absolute Gasteiger partial charge is 0.487 e. The number of nitrogens with zero attached hydrogens (tertiary/aromatic N) is 2. The van der Waals surface area contributed by atoms with E-state index in [0.29, 0.717) is 31.3 Å². The molecule has 0 atom stereocenters. The van der Waals surface area contributed by atoms with E-state index in [2.05, 4.69) is 27.6 Å². The smallest absolute Gasteiger partial charge is 0.409 e. The number of carbonyl (C=O) groups is 1. The Labute approximate surface area is 184 Å². The van der Waals surface area contributed by atoms with E-state index in [1.807, 2.05) is 62.4 Å². The number of carbonyl (C=O) groups excluding carboxylic acids is 1. The van der Waals surface area contributed by atoms with Crippen LogP contribution in [0.5, 0.6) is 5.75 Å². The maximum Gasteiger partial charge on any atom is 0.409 e. The van der Waals surface area contributed by atoms with Crippen molar-refractivity contribution in [2.75, 3.05) is 13.7 Å². The van der Waals surface area contributed by atoms with E-state index in [9.17, 15) is 4.79 Å². The zero-order chi connectivity index (χ0) is 20.8. The molecule has 2 aromatic carbocycles. The number of aromatic nitrogens is 1. The molecule has 1 heterocycles. The van der Waals surface area contributed by atoms with Gasteiger partial charge in [0.15, 0.2) is 0 Å². The van der Waals surface area contributed by atoms with E-state index in [0.717, 1.165) is 26.2 Å². The fourth-order valence-corrected chi connectivity index (χ4v) is 3.18. The molecule has 0 fully saturated rings. The zero-order valence-electron chi connectivity index (χ0n) is 16.6. The lowest BCUT2D eigenvalue weighted by atomic mass is 10.2. The topological polar surface area (TPSA) is 64.8 Å². The molecule has 0 aliphatic rings. The van der Waals surface area contributed by atoms with Crippen LogP contribution in [-0.4, -0.2) is 29.6 Å². The highest BCUT2D eigenvalue weighted by Gasteiger charge is 2.14. The van der Waals surface area contributed by atoms with Gasteiger partial charge < -0.3 is 18.8 Å². The predicted molar refractivity (Wildman–Crippen MR) is 119 cm³/mol. The molecule has 0 radical (unpaired) electrons. The normalized spacial score (nSPS) is 10.6. The van der Waals surface area contributed by atoms with Crippen molar-refractivity contribution < 1.29 is 18.7 Å². The average molecular weight is 506 g/mol. The average Bonchev–Trinajstić information content (AvgIpc) is 3.11. The number of rotatable bonds is 7. The number of hydrogen-bond donors (Lipinski definition) is 0. The molecule has 3 aromatic rings. The van der Waals surface area contributed by atoms with Crippen LogP contribution in [0.4, 0.5) is 4.79 Å². The fraction of sp³-hybridized carbons (Fsp3) is 0.273. The number of amides is 1. The van der Waals surface area contributed by atoms with Gasteiger partial charge in [-0.3, -0.25) is 0 Å².